The molecule has 0 unspecified atom stereocenters. The van der Waals surface area contributed by atoms with Gasteiger partial charge in [-0.3, -0.25) is 19.2 Å². The summed E-state index contributed by atoms with van der Waals surface area (Å²) in [4.78, 5) is 54.6. The van der Waals surface area contributed by atoms with E-state index in [1.165, 1.54) is 17.8 Å². The maximum atomic E-state index is 15.3. The Morgan fingerprint density at radius 2 is 1.52 bits per heavy atom. The predicted octanol–water partition coefficient (Wildman–Crippen LogP) is 9.99. The molecule has 332 valence electrons. The Bertz CT molecular complexity index is 1860. The smallest absolute Gasteiger partial charge is 0.310 e. The van der Waals surface area contributed by atoms with Crippen LogP contribution in [0, 0.1) is 23.0 Å². The number of hydrogen-bond acceptors (Lipinski definition) is 8. The number of ether oxygens (including phenoxy) is 2. The van der Waals surface area contributed by atoms with E-state index in [1.54, 1.807) is 0 Å². The van der Waals surface area contributed by atoms with E-state index in [0.29, 0.717) is 50.5 Å². The first-order valence-corrected chi connectivity index (χ1v) is 29.8. The number of Topliss-reactive ketones (excluding diaryl/α,β-unsaturated/α-hetero) is 1. The van der Waals surface area contributed by atoms with Gasteiger partial charge in [-0.1, -0.05) is 90.4 Å². The third-order valence-corrected chi connectivity index (χ3v) is 14.5. The van der Waals surface area contributed by atoms with E-state index in [2.05, 4.69) is 39.3 Å². The number of thioether (sulfide) groups is 1. The zero-order chi connectivity index (χ0) is 44.7. The van der Waals surface area contributed by atoms with Crippen molar-refractivity contribution in [2.45, 2.75) is 117 Å². The van der Waals surface area contributed by atoms with E-state index in [-0.39, 0.29) is 54.8 Å². The van der Waals surface area contributed by atoms with Crippen molar-refractivity contribution in [2.24, 2.45) is 17.1 Å². The van der Waals surface area contributed by atoms with Crippen LogP contribution in [-0.2, 0) is 35.2 Å². The molecule has 14 heteroatoms. The lowest BCUT2D eigenvalue weighted by Crippen LogP contribution is -2.43. The molecule has 1 amide bonds. The van der Waals surface area contributed by atoms with Gasteiger partial charge in [0.15, 0.2) is 0 Å². The summed E-state index contributed by atoms with van der Waals surface area (Å²) in [6, 6.07) is 16.3. The fourth-order valence-electron chi connectivity index (χ4n) is 6.75. The van der Waals surface area contributed by atoms with E-state index in [1.807, 2.05) is 72.8 Å². The first kappa shape index (κ1) is 50.8. The number of ketones is 1. The number of carbonyl (C=O) groups excluding carboxylic acids is 4. The van der Waals surface area contributed by atoms with Gasteiger partial charge in [0.05, 0.1) is 30.9 Å². The maximum Gasteiger partial charge on any atom is 0.310 e. The van der Waals surface area contributed by atoms with Crippen molar-refractivity contribution in [3.8, 4) is 11.1 Å². The molecule has 0 saturated carbocycles. The lowest BCUT2D eigenvalue weighted by atomic mass is 9.83. The summed E-state index contributed by atoms with van der Waals surface area (Å²) in [6.45, 7) is 20.9. The van der Waals surface area contributed by atoms with Crippen LogP contribution in [0.4, 0.5) is 8.78 Å². The summed E-state index contributed by atoms with van der Waals surface area (Å²) in [7, 11) is -2.75. The Labute approximate surface area is 363 Å². The molecular weight excluding hydrogens is 817 g/mol. The number of nitrogens with two attached hydrogens (primary N) is 1. The molecule has 0 saturated heterocycles. The summed E-state index contributed by atoms with van der Waals surface area (Å²) < 4.78 is 42.8. The van der Waals surface area contributed by atoms with Crippen LogP contribution in [0.2, 0.25) is 51.4 Å². The van der Waals surface area contributed by atoms with Crippen LogP contribution in [0.1, 0.15) is 70.2 Å². The van der Waals surface area contributed by atoms with Crippen molar-refractivity contribution in [2.75, 3.05) is 37.8 Å². The maximum absolute atomic E-state index is 15.3. The molecule has 60 heavy (non-hydrogen) atoms. The number of hydrogen-bond donors (Lipinski definition) is 1. The number of carbonyl (C=O) groups is 4. The fraction of sp³-hybridized carbons (Fsp3) is 0.565. The molecule has 0 aliphatic carbocycles. The average molecular weight is 886 g/mol. The van der Waals surface area contributed by atoms with Crippen molar-refractivity contribution in [3.05, 3.63) is 83.7 Å². The molecule has 0 spiro atoms. The van der Waals surface area contributed by atoms with Gasteiger partial charge in [-0.25, -0.2) is 8.78 Å². The van der Waals surface area contributed by atoms with E-state index < -0.39 is 51.1 Å². The van der Waals surface area contributed by atoms with Crippen molar-refractivity contribution in [1.29, 1.82) is 0 Å². The molecule has 0 bridgehead atoms. The molecule has 3 rings (SSSR count). The minimum Gasteiger partial charge on any atom is -0.466 e. The second-order valence-electron chi connectivity index (χ2n) is 19.2. The molecule has 0 aliphatic heterocycles. The van der Waals surface area contributed by atoms with E-state index in [9.17, 15) is 23.6 Å². The lowest BCUT2D eigenvalue weighted by molar-refractivity contribution is -0.149. The quantitative estimate of drug-likeness (QED) is 0.0507. The Morgan fingerprint density at radius 3 is 2.13 bits per heavy atom. The van der Waals surface area contributed by atoms with Gasteiger partial charge < -0.3 is 24.7 Å². The third kappa shape index (κ3) is 17.8. The number of amides is 1. The Balaban J connectivity index is 1.86. The topological polar surface area (TPSA) is 121 Å². The second-order valence-corrected chi connectivity index (χ2v) is 31.5. The first-order chi connectivity index (χ1) is 28.1. The Hall–Kier alpha value is -3.60. The van der Waals surface area contributed by atoms with Crippen molar-refractivity contribution >= 4 is 51.5 Å². The third-order valence-electron chi connectivity index (χ3n) is 10.2. The summed E-state index contributed by atoms with van der Waals surface area (Å²) in [5, 5.41) is 0. The molecule has 1 aromatic heterocycles. The molecule has 9 nitrogen and oxygen atoms in total. The monoisotopic (exact) mass is 885 g/mol. The highest BCUT2D eigenvalue weighted by Crippen LogP contribution is 2.41. The van der Waals surface area contributed by atoms with Gasteiger partial charge in [0.1, 0.15) is 17.4 Å². The van der Waals surface area contributed by atoms with E-state index >= 15 is 4.39 Å². The van der Waals surface area contributed by atoms with Crippen molar-refractivity contribution in [3.63, 3.8) is 0 Å². The van der Waals surface area contributed by atoms with Gasteiger partial charge in [0.2, 0.25) is 5.91 Å². The van der Waals surface area contributed by atoms with Gasteiger partial charge in [-0.2, -0.15) is 11.8 Å². The number of nitrogens with zero attached hydrogens (tertiary/aromatic N) is 2. The minimum atomic E-state index is -1.39. The number of benzene rings is 2. The highest BCUT2D eigenvalue weighted by molar-refractivity contribution is 7.99. The Kier molecular flexibility index (Phi) is 19.9. The van der Waals surface area contributed by atoms with Crippen LogP contribution in [0.3, 0.4) is 0 Å². The van der Waals surface area contributed by atoms with Crippen molar-refractivity contribution < 1.29 is 37.4 Å². The van der Waals surface area contributed by atoms with Gasteiger partial charge in [-0.15, -0.1) is 0 Å². The summed E-state index contributed by atoms with van der Waals surface area (Å²) >= 11 is 1.34. The normalized spacial score (nSPS) is 13.1. The molecule has 2 N–H and O–H groups in total. The standard InChI is InChI=1S/C46H69F2N3O6SSi2/c1-46(2,3)44(41-28-36(39-29-37(47)18-19-40(39)48)32-50(41)31-34-15-11-10-12-16-34)51(21-14-13-17-43(54)56-22-25-59(4,5)6)42(53)33-58-24-20-38(52)27-35(30-49)45(55)57-23-26-60(7,8)9/h10-12,15-16,18-19,28-29,32,35,44H,13-14,17,20-27,30-31,33,49H2,1-9H3/t35-,44+/m1/s1. The van der Waals surface area contributed by atoms with Crippen molar-refractivity contribution in [1.82, 2.24) is 9.47 Å². The van der Waals surface area contributed by atoms with Crippen LogP contribution >= 0.6 is 11.8 Å². The predicted molar refractivity (Wildman–Crippen MR) is 245 cm³/mol. The zero-order valence-electron chi connectivity index (χ0n) is 37.4. The second kappa shape index (κ2) is 23.6. The van der Waals surface area contributed by atoms with Crippen LogP contribution in [0.15, 0.2) is 60.8 Å². The highest BCUT2D eigenvalue weighted by atomic mass is 32.2. The summed E-state index contributed by atoms with van der Waals surface area (Å²) in [5.74, 6) is -2.34. The SMILES string of the molecule is CC(C)(C)[C@H](c1cc(-c2cc(F)ccc2F)cn1Cc1ccccc1)N(CCCCC(=O)OCC[Si](C)(C)C)C(=O)CSCCC(=O)C[C@H](CN)C(=O)OCC[Si](C)(C)C. The molecule has 0 radical (unpaired) electrons. The molecule has 1 heterocycles. The molecule has 3 aromatic rings. The largest absolute Gasteiger partial charge is 0.466 e. The van der Waals surface area contributed by atoms with E-state index in [0.717, 1.165) is 35.5 Å². The zero-order valence-corrected chi connectivity index (χ0v) is 40.2. The number of aromatic nitrogens is 1. The number of esters is 2. The van der Waals surface area contributed by atoms with Crippen LogP contribution in [-0.4, -0.2) is 87.1 Å². The van der Waals surface area contributed by atoms with Gasteiger partial charge in [0, 0.05) is 83.8 Å². The fourth-order valence-corrected chi connectivity index (χ4v) is 9.03. The number of halogens is 2. The minimum absolute atomic E-state index is 0.0117. The molecule has 0 aliphatic rings. The van der Waals surface area contributed by atoms with E-state index in [4.69, 9.17) is 15.2 Å². The van der Waals surface area contributed by atoms with Gasteiger partial charge in [0.25, 0.3) is 0 Å². The highest BCUT2D eigenvalue weighted by Gasteiger charge is 2.37. The van der Waals surface area contributed by atoms with Crippen LogP contribution < -0.4 is 5.73 Å². The number of unbranched alkanes of at least 4 members (excludes halogenated alkanes) is 1. The van der Waals surface area contributed by atoms with Crippen LogP contribution in [0.25, 0.3) is 11.1 Å². The number of rotatable bonds is 25. The first-order valence-electron chi connectivity index (χ1n) is 21.2. The average Bonchev–Trinajstić information content (AvgIpc) is 3.55. The molecule has 2 atom stereocenters. The Morgan fingerprint density at radius 1 is 0.867 bits per heavy atom. The molecule has 0 fully saturated rings. The van der Waals surface area contributed by atoms with Crippen LogP contribution in [0.5, 0.6) is 0 Å². The molecule has 2 aromatic carbocycles. The van der Waals surface area contributed by atoms with Gasteiger partial charge in [-0.05, 0) is 60.2 Å². The van der Waals surface area contributed by atoms with Gasteiger partial charge >= 0.3 is 11.9 Å². The summed E-state index contributed by atoms with van der Waals surface area (Å²) in [5.41, 5.74) is 7.70. The molecular formula is C46H69F2N3O6SSi2. The summed E-state index contributed by atoms with van der Waals surface area (Å²) in [6.07, 6.45) is 3.25. The lowest BCUT2D eigenvalue weighted by Gasteiger charge is -2.41.